The Morgan fingerprint density at radius 1 is 1.00 bits per heavy atom. The fourth-order valence-corrected chi connectivity index (χ4v) is 2.56. The van der Waals surface area contributed by atoms with Crippen molar-refractivity contribution >= 4 is 0 Å². The molecule has 3 rings (SSSR count). The van der Waals surface area contributed by atoms with Crippen LogP contribution in [0, 0.1) is 6.92 Å². The van der Waals surface area contributed by atoms with Crippen molar-refractivity contribution in [2.24, 2.45) is 5.73 Å². The van der Waals surface area contributed by atoms with Crippen LogP contribution in [-0.2, 0) is 6.42 Å². The number of para-hydroxylation sites is 1. The predicted molar refractivity (Wildman–Crippen MR) is 85.4 cm³/mol. The number of aryl methyl sites for hydroxylation is 1. The molecule has 3 nitrogen and oxygen atoms in total. The summed E-state index contributed by atoms with van der Waals surface area (Å²) in [6, 6.07) is 20.4. The summed E-state index contributed by atoms with van der Waals surface area (Å²) in [6.45, 7) is 2.12. The molecule has 1 unspecified atom stereocenters. The summed E-state index contributed by atoms with van der Waals surface area (Å²) in [5, 5.41) is 4.41. The third kappa shape index (κ3) is 2.88. The van der Waals surface area contributed by atoms with Crippen molar-refractivity contribution < 1.29 is 0 Å². The summed E-state index contributed by atoms with van der Waals surface area (Å²) in [4.78, 5) is 0. The van der Waals surface area contributed by atoms with E-state index in [4.69, 9.17) is 5.73 Å². The number of aromatic nitrogens is 2. The van der Waals surface area contributed by atoms with Gasteiger partial charge in [0.25, 0.3) is 0 Å². The topological polar surface area (TPSA) is 43.8 Å². The van der Waals surface area contributed by atoms with Crippen LogP contribution in [0.25, 0.3) is 5.69 Å². The molecule has 0 saturated heterocycles. The van der Waals surface area contributed by atoms with Crippen molar-refractivity contribution in [1.82, 2.24) is 9.78 Å². The molecule has 3 heteroatoms. The Morgan fingerprint density at radius 2 is 1.71 bits per heavy atom. The van der Waals surface area contributed by atoms with Gasteiger partial charge in [-0.3, -0.25) is 0 Å². The molecule has 0 saturated carbocycles. The van der Waals surface area contributed by atoms with Crippen molar-refractivity contribution in [3.63, 3.8) is 0 Å². The molecule has 0 aliphatic carbocycles. The molecule has 0 spiro atoms. The first-order valence-electron chi connectivity index (χ1n) is 7.15. The third-order valence-electron chi connectivity index (χ3n) is 3.75. The number of benzene rings is 2. The normalized spacial score (nSPS) is 12.3. The van der Waals surface area contributed by atoms with E-state index in [1.807, 2.05) is 41.1 Å². The Balaban J connectivity index is 1.88. The van der Waals surface area contributed by atoms with Gasteiger partial charge in [0.2, 0.25) is 0 Å². The number of rotatable bonds is 4. The fraction of sp³-hybridized carbons (Fsp3) is 0.167. The second-order valence-corrected chi connectivity index (χ2v) is 5.24. The van der Waals surface area contributed by atoms with Crippen LogP contribution in [0.3, 0.4) is 0 Å². The van der Waals surface area contributed by atoms with Gasteiger partial charge < -0.3 is 5.73 Å². The lowest BCUT2D eigenvalue weighted by Gasteiger charge is -2.15. The van der Waals surface area contributed by atoms with E-state index in [9.17, 15) is 0 Å². The zero-order valence-corrected chi connectivity index (χ0v) is 12.1. The van der Waals surface area contributed by atoms with Crippen LogP contribution in [0.1, 0.15) is 22.9 Å². The van der Waals surface area contributed by atoms with Gasteiger partial charge in [-0.25, -0.2) is 4.68 Å². The van der Waals surface area contributed by atoms with Crippen LogP contribution in [0.2, 0.25) is 0 Å². The number of nitrogens with zero attached hydrogens (tertiary/aromatic N) is 2. The van der Waals surface area contributed by atoms with Gasteiger partial charge in [0, 0.05) is 6.20 Å². The molecule has 0 radical (unpaired) electrons. The van der Waals surface area contributed by atoms with Crippen LogP contribution >= 0.6 is 0 Å². The minimum Gasteiger partial charge on any atom is -0.322 e. The summed E-state index contributed by atoms with van der Waals surface area (Å²) in [5.41, 5.74) is 11.0. The summed E-state index contributed by atoms with van der Waals surface area (Å²) < 4.78 is 1.92. The van der Waals surface area contributed by atoms with Gasteiger partial charge in [-0.2, -0.15) is 5.10 Å². The average Bonchev–Trinajstić information content (AvgIpc) is 3.00. The highest BCUT2D eigenvalue weighted by Crippen LogP contribution is 2.20. The fourth-order valence-electron chi connectivity index (χ4n) is 2.56. The Hall–Kier alpha value is -2.39. The van der Waals surface area contributed by atoms with Crippen LogP contribution in [0.5, 0.6) is 0 Å². The van der Waals surface area contributed by atoms with Gasteiger partial charge in [-0.15, -0.1) is 0 Å². The van der Waals surface area contributed by atoms with Gasteiger partial charge in [0.1, 0.15) is 0 Å². The van der Waals surface area contributed by atoms with E-state index in [0.29, 0.717) is 0 Å². The molecule has 3 aromatic rings. The molecule has 0 aliphatic rings. The van der Waals surface area contributed by atoms with E-state index in [2.05, 4.69) is 36.3 Å². The van der Waals surface area contributed by atoms with E-state index in [1.54, 1.807) is 6.20 Å². The van der Waals surface area contributed by atoms with Gasteiger partial charge in [-0.05, 0) is 42.7 Å². The largest absolute Gasteiger partial charge is 0.322 e. The number of nitrogens with two attached hydrogens (primary N) is 1. The highest BCUT2D eigenvalue weighted by atomic mass is 15.3. The number of hydrogen-bond donors (Lipinski definition) is 1. The molecule has 2 aromatic carbocycles. The molecule has 0 aliphatic heterocycles. The summed E-state index contributed by atoms with van der Waals surface area (Å²) in [7, 11) is 0. The lowest BCUT2D eigenvalue weighted by molar-refractivity contribution is 0.653. The molecule has 0 amide bonds. The maximum Gasteiger partial charge on any atom is 0.0649 e. The van der Waals surface area contributed by atoms with Gasteiger partial charge >= 0.3 is 0 Å². The molecule has 0 bridgehead atoms. The molecular formula is C18H19N3. The molecule has 1 atom stereocenters. The molecule has 2 N–H and O–H groups in total. The first kappa shape index (κ1) is 13.6. The maximum absolute atomic E-state index is 6.42. The lowest BCUT2D eigenvalue weighted by atomic mass is 10.00. The second kappa shape index (κ2) is 5.94. The zero-order chi connectivity index (χ0) is 14.7. The second-order valence-electron chi connectivity index (χ2n) is 5.24. The minimum atomic E-state index is -0.0752. The van der Waals surface area contributed by atoms with Crippen molar-refractivity contribution in [3.8, 4) is 5.69 Å². The first-order chi connectivity index (χ1) is 10.3. The average molecular weight is 277 g/mol. The Labute approximate surface area is 125 Å². The molecule has 106 valence electrons. The van der Waals surface area contributed by atoms with Crippen molar-refractivity contribution in [2.45, 2.75) is 19.4 Å². The predicted octanol–water partition coefficient (Wildman–Crippen LogP) is 3.42. The molecule has 21 heavy (non-hydrogen) atoms. The van der Waals surface area contributed by atoms with E-state index >= 15 is 0 Å². The van der Waals surface area contributed by atoms with Crippen molar-refractivity contribution in [2.75, 3.05) is 0 Å². The van der Waals surface area contributed by atoms with E-state index in [1.165, 1.54) is 11.1 Å². The number of hydrogen-bond acceptors (Lipinski definition) is 2. The van der Waals surface area contributed by atoms with Crippen LogP contribution < -0.4 is 5.73 Å². The Bertz CT molecular complexity index is 716. The Morgan fingerprint density at radius 3 is 2.48 bits per heavy atom. The standard InChI is InChI=1S/C18H19N3/c1-14-7-5-6-8-15(14)13-17(19)18-11-12-20-21(18)16-9-3-2-4-10-16/h2-12,17H,13,19H2,1H3. The van der Waals surface area contributed by atoms with Crippen LogP contribution in [0.4, 0.5) is 0 Å². The molecule has 1 aromatic heterocycles. The zero-order valence-electron chi connectivity index (χ0n) is 12.1. The third-order valence-corrected chi connectivity index (χ3v) is 3.75. The minimum absolute atomic E-state index is 0.0752. The highest BCUT2D eigenvalue weighted by molar-refractivity contribution is 5.34. The van der Waals surface area contributed by atoms with Crippen molar-refractivity contribution in [3.05, 3.63) is 83.7 Å². The van der Waals surface area contributed by atoms with Crippen LogP contribution in [0.15, 0.2) is 66.9 Å². The van der Waals surface area contributed by atoms with E-state index < -0.39 is 0 Å². The monoisotopic (exact) mass is 277 g/mol. The quantitative estimate of drug-likeness (QED) is 0.794. The first-order valence-corrected chi connectivity index (χ1v) is 7.15. The lowest BCUT2D eigenvalue weighted by Crippen LogP contribution is -2.18. The van der Waals surface area contributed by atoms with Gasteiger partial charge in [0.15, 0.2) is 0 Å². The van der Waals surface area contributed by atoms with E-state index in [-0.39, 0.29) is 6.04 Å². The summed E-state index contributed by atoms with van der Waals surface area (Å²) in [6.07, 6.45) is 2.62. The van der Waals surface area contributed by atoms with Crippen LogP contribution in [-0.4, -0.2) is 9.78 Å². The van der Waals surface area contributed by atoms with Crippen molar-refractivity contribution in [1.29, 1.82) is 0 Å². The molecular weight excluding hydrogens is 258 g/mol. The molecule has 1 heterocycles. The SMILES string of the molecule is Cc1ccccc1CC(N)c1ccnn1-c1ccccc1. The highest BCUT2D eigenvalue weighted by Gasteiger charge is 2.14. The van der Waals surface area contributed by atoms with Gasteiger partial charge in [-0.1, -0.05) is 42.5 Å². The summed E-state index contributed by atoms with van der Waals surface area (Å²) >= 11 is 0. The maximum atomic E-state index is 6.42. The van der Waals surface area contributed by atoms with E-state index in [0.717, 1.165) is 17.8 Å². The van der Waals surface area contributed by atoms with Gasteiger partial charge in [0.05, 0.1) is 17.4 Å². The Kier molecular flexibility index (Phi) is 3.84. The smallest absolute Gasteiger partial charge is 0.0649 e. The molecule has 0 fully saturated rings. The summed E-state index contributed by atoms with van der Waals surface area (Å²) in [5.74, 6) is 0.